The minimum absolute atomic E-state index is 0.652. The number of hydrogen-bond donors (Lipinski definition) is 2. The molecule has 112 valence electrons. The zero-order valence-corrected chi connectivity index (χ0v) is 12.4. The molecule has 2 rings (SSSR count). The molecule has 0 bridgehead atoms. The summed E-state index contributed by atoms with van der Waals surface area (Å²) >= 11 is 0. The van der Waals surface area contributed by atoms with Crippen LogP contribution in [0.2, 0.25) is 0 Å². The third kappa shape index (κ3) is 3.72. The summed E-state index contributed by atoms with van der Waals surface area (Å²) in [5, 5.41) is 3.25. The van der Waals surface area contributed by atoms with Crippen molar-refractivity contribution in [2.45, 2.75) is 26.2 Å². The van der Waals surface area contributed by atoms with Crippen molar-refractivity contribution in [3.8, 4) is 0 Å². The maximum absolute atomic E-state index is 6.20. The Labute approximate surface area is 120 Å². The molecule has 1 saturated heterocycles. The molecule has 0 aliphatic carbocycles. The highest BCUT2D eigenvalue weighted by atomic mass is 16.5. The molecule has 0 spiro atoms. The fourth-order valence-corrected chi connectivity index (χ4v) is 2.42. The van der Waals surface area contributed by atoms with Crippen LogP contribution in [-0.4, -0.2) is 43.3 Å². The van der Waals surface area contributed by atoms with Crippen molar-refractivity contribution in [3.63, 3.8) is 0 Å². The third-order valence-electron chi connectivity index (χ3n) is 3.76. The number of piperidine rings is 1. The summed E-state index contributed by atoms with van der Waals surface area (Å²) in [5.74, 6) is 2.38. The van der Waals surface area contributed by atoms with Crippen LogP contribution in [0.5, 0.6) is 0 Å². The van der Waals surface area contributed by atoms with Crippen LogP contribution in [0.1, 0.15) is 26.2 Å². The molecule has 1 fully saturated rings. The Hall–Kier alpha value is -1.56. The largest absolute Gasteiger partial charge is 0.393 e. The maximum Gasteiger partial charge on any atom is 0.157 e. The van der Waals surface area contributed by atoms with Crippen molar-refractivity contribution in [1.29, 1.82) is 0 Å². The van der Waals surface area contributed by atoms with Gasteiger partial charge in [-0.25, -0.2) is 9.97 Å². The molecule has 1 aromatic rings. The first kappa shape index (κ1) is 14.8. The lowest BCUT2D eigenvalue weighted by atomic mass is 9.99. The topological polar surface area (TPSA) is 76.3 Å². The van der Waals surface area contributed by atoms with Crippen LogP contribution >= 0.6 is 0 Å². The molecular formula is C14H25N5O. The van der Waals surface area contributed by atoms with Crippen molar-refractivity contribution >= 4 is 17.3 Å². The molecule has 2 heterocycles. The van der Waals surface area contributed by atoms with E-state index in [1.165, 1.54) is 12.8 Å². The van der Waals surface area contributed by atoms with Crippen LogP contribution in [0.15, 0.2) is 6.33 Å². The Morgan fingerprint density at radius 2 is 2.15 bits per heavy atom. The van der Waals surface area contributed by atoms with Crippen LogP contribution in [0.25, 0.3) is 0 Å². The fraction of sp³-hybridized carbons (Fsp3) is 0.714. The molecule has 0 saturated carbocycles. The van der Waals surface area contributed by atoms with E-state index in [4.69, 9.17) is 10.5 Å². The monoisotopic (exact) mass is 279 g/mol. The number of anilines is 3. The number of methoxy groups -OCH3 is 1. The number of aromatic nitrogens is 2. The Morgan fingerprint density at radius 3 is 2.85 bits per heavy atom. The van der Waals surface area contributed by atoms with E-state index in [1.807, 2.05) is 0 Å². The second kappa shape index (κ2) is 7.28. The number of nitrogens with one attached hydrogen (secondary N) is 1. The summed E-state index contributed by atoms with van der Waals surface area (Å²) in [6.07, 6.45) is 4.90. The van der Waals surface area contributed by atoms with Gasteiger partial charge in [-0.2, -0.15) is 0 Å². The van der Waals surface area contributed by atoms with Crippen molar-refractivity contribution in [1.82, 2.24) is 9.97 Å². The van der Waals surface area contributed by atoms with Gasteiger partial charge in [0, 0.05) is 33.4 Å². The number of nitrogens with two attached hydrogens (primary N) is 1. The zero-order valence-electron chi connectivity index (χ0n) is 12.4. The van der Waals surface area contributed by atoms with Gasteiger partial charge < -0.3 is 20.7 Å². The standard InChI is InChI=1S/C14H25N5O/c1-11-4-7-19(8-5-11)14-12(15)13(17-10-18-14)16-6-3-9-20-2/h10-11H,3-9,15H2,1-2H3,(H,16,17,18). The minimum Gasteiger partial charge on any atom is -0.393 e. The van der Waals surface area contributed by atoms with E-state index in [1.54, 1.807) is 13.4 Å². The van der Waals surface area contributed by atoms with Gasteiger partial charge in [0.15, 0.2) is 11.6 Å². The average Bonchev–Trinajstić information content (AvgIpc) is 2.46. The summed E-state index contributed by atoms with van der Waals surface area (Å²) in [7, 11) is 1.70. The molecule has 0 unspecified atom stereocenters. The van der Waals surface area contributed by atoms with E-state index >= 15 is 0 Å². The summed E-state index contributed by atoms with van der Waals surface area (Å²) in [6, 6.07) is 0. The van der Waals surface area contributed by atoms with Crippen LogP contribution in [0.3, 0.4) is 0 Å². The molecule has 3 N–H and O–H groups in total. The first-order chi connectivity index (χ1) is 9.72. The summed E-state index contributed by atoms with van der Waals surface area (Å²) in [4.78, 5) is 10.9. The minimum atomic E-state index is 0.652. The molecule has 1 aromatic heterocycles. The van der Waals surface area contributed by atoms with Crippen molar-refractivity contribution in [2.75, 3.05) is 49.3 Å². The van der Waals surface area contributed by atoms with Crippen LogP contribution in [-0.2, 0) is 4.74 Å². The van der Waals surface area contributed by atoms with Gasteiger partial charge in [-0.3, -0.25) is 0 Å². The molecule has 1 aliphatic heterocycles. The SMILES string of the molecule is COCCCNc1ncnc(N2CCC(C)CC2)c1N. The summed E-state index contributed by atoms with van der Waals surface area (Å²) < 4.78 is 5.03. The van der Waals surface area contributed by atoms with Crippen molar-refractivity contribution in [3.05, 3.63) is 6.33 Å². The number of hydrogen-bond acceptors (Lipinski definition) is 6. The van der Waals surface area contributed by atoms with Gasteiger partial charge in [0.1, 0.15) is 12.0 Å². The summed E-state index contributed by atoms with van der Waals surface area (Å²) in [5.41, 5.74) is 6.86. The number of ether oxygens (including phenoxy) is 1. The first-order valence-electron chi connectivity index (χ1n) is 7.30. The lowest BCUT2D eigenvalue weighted by molar-refractivity contribution is 0.198. The first-order valence-corrected chi connectivity index (χ1v) is 7.30. The number of nitrogens with zero attached hydrogens (tertiary/aromatic N) is 3. The highest BCUT2D eigenvalue weighted by Crippen LogP contribution is 2.29. The van der Waals surface area contributed by atoms with Crippen molar-refractivity contribution < 1.29 is 4.74 Å². The second-order valence-corrected chi connectivity index (χ2v) is 5.40. The van der Waals surface area contributed by atoms with E-state index in [0.29, 0.717) is 5.69 Å². The quantitative estimate of drug-likeness (QED) is 0.773. The van der Waals surface area contributed by atoms with Crippen molar-refractivity contribution in [2.24, 2.45) is 5.92 Å². The molecule has 6 heteroatoms. The predicted octanol–water partition coefficient (Wildman–Crippen LogP) is 1.74. The van der Waals surface area contributed by atoms with Gasteiger partial charge in [-0.05, 0) is 25.2 Å². The van der Waals surface area contributed by atoms with E-state index in [0.717, 1.165) is 50.2 Å². The van der Waals surface area contributed by atoms with Gasteiger partial charge in [-0.1, -0.05) is 6.92 Å². The highest BCUT2D eigenvalue weighted by molar-refractivity contribution is 5.74. The van der Waals surface area contributed by atoms with Gasteiger partial charge in [0.25, 0.3) is 0 Å². The summed E-state index contributed by atoms with van der Waals surface area (Å²) in [6.45, 7) is 5.86. The van der Waals surface area contributed by atoms with Gasteiger partial charge in [0.2, 0.25) is 0 Å². The molecule has 1 aliphatic rings. The average molecular weight is 279 g/mol. The number of nitrogen functional groups attached to an aromatic ring is 1. The molecule has 0 amide bonds. The smallest absolute Gasteiger partial charge is 0.157 e. The molecule has 0 radical (unpaired) electrons. The van der Waals surface area contributed by atoms with Gasteiger partial charge in [0.05, 0.1) is 0 Å². The number of rotatable bonds is 6. The second-order valence-electron chi connectivity index (χ2n) is 5.40. The molecule has 6 nitrogen and oxygen atoms in total. The van der Waals surface area contributed by atoms with Gasteiger partial charge in [-0.15, -0.1) is 0 Å². The molecule has 0 aromatic carbocycles. The Balaban J connectivity index is 1.99. The van der Waals surface area contributed by atoms with Gasteiger partial charge >= 0.3 is 0 Å². The lowest BCUT2D eigenvalue weighted by Crippen LogP contribution is -2.34. The Bertz CT molecular complexity index is 418. The maximum atomic E-state index is 6.20. The van der Waals surface area contributed by atoms with E-state index < -0.39 is 0 Å². The van der Waals surface area contributed by atoms with E-state index in [9.17, 15) is 0 Å². The Kier molecular flexibility index (Phi) is 5.40. The predicted molar refractivity (Wildman–Crippen MR) is 82.0 cm³/mol. The molecule has 20 heavy (non-hydrogen) atoms. The van der Waals surface area contributed by atoms with Crippen LogP contribution in [0.4, 0.5) is 17.3 Å². The fourth-order valence-electron chi connectivity index (χ4n) is 2.42. The lowest BCUT2D eigenvalue weighted by Gasteiger charge is -2.32. The highest BCUT2D eigenvalue weighted by Gasteiger charge is 2.20. The van der Waals surface area contributed by atoms with E-state index in [2.05, 4.69) is 27.1 Å². The molecule has 0 atom stereocenters. The van der Waals surface area contributed by atoms with Crippen LogP contribution in [0, 0.1) is 5.92 Å². The van der Waals surface area contributed by atoms with E-state index in [-0.39, 0.29) is 0 Å². The third-order valence-corrected chi connectivity index (χ3v) is 3.76. The van der Waals surface area contributed by atoms with Crippen LogP contribution < -0.4 is 16.0 Å². The zero-order chi connectivity index (χ0) is 14.4. The normalized spacial score (nSPS) is 16.4. The Morgan fingerprint density at radius 1 is 1.40 bits per heavy atom. The molecular weight excluding hydrogens is 254 g/mol.